The molecule has 1 atom stereocenters. The molecular formula is C13H17Cl2N. The van der Waals surface area contributed by atoms with E-state index in [4.69, 9.17) is 23.2 Å². The van der Waals surface area contributed by atoms with Gasteiger partial charge in [0.25, 0.3) is 0 Å². The second-order valence-electron chi connectivity index (χ2n) is 3.70. The zero-order valence-corrected chi connectivity index (χ0v) is 11.0. The van der Waals surface area contributed by atoms with Gasteiger partial charge in [0.15, 0.2) is 0 Å². The summed E-state index contributed by atoms with van der Waals surface area (Å²) in [6, 6.07) is 6.03. The van der Waals surface area contributed by atoms with E-state index >= 15 is 0 Å². The molecule has 1 unspecified atom stereocenters. The van der Waals surface area contributed by atoms with Crippen molar-refractivity contribution < 1.29 is 0 Å². The van der Waals surface area contributed by atoms with Crippen LogP contribution in [0.25, 0.3) is 0 Å². The monoisotopic (exact) mass is 257 g/mol. The standard InChI is InChI=1S/C13H17Cl2N/c1-3-5-13(16-8-4-2)10-6-7-11(14)12(15)9-10/h3,6-7,9,13,16H,1,4-5,8H2,2H3. The lowest BCUT2D eigenvalue weighted by atomic mass is 10.0. The Labute approximate surface area is 107 Å². The Morgan fingerprint density at radius 2 is 2.12 bits per heavy atom. The van der Waals surface area contributed by atoms with Crippen molar-refractivity contribution in [3.05, 3.63) is 46.5 Å². The van der Waals surface area contributed by atoms with Crippen molar-refractivity contribution in [1.82, 2.24) is 5.32 Å². The van der Waals surface area contributed by atoms with E-state index < -0.39 is 0 Å². The zero-order valence-electron chi connectivity index (χ0n) is 9.47. The van der Waals surface area contributed by atoms with E-state index in [0.717, 1.165) is 24.9 Å². The van der Waals surface area contributed by atoms with Gasteiger partial charge in [0.1, 0.15) is 0 Å². The third-order valence-corrected chi connectivity index (χ3v) is 3.13. The Morgan fingerprint density at radius 1 is 1.38 bits per heavy atom. The maximum absolute atomic E-state index is 6.01. The summed E-state index contributed by atoms with van der Waals surface area (Å²) < 4.78 is 0. The lowest BCUT2D eigenvalue weighted by Gasteiger charge is -2.17. The van der Waals surface area contributed by atoms with Gasteiger partial charge in [0, 0.05) is 6.04 Å². The molecule has 0 heterocycles. The van der Waals surface area contributed by atoms with Gasteiger partial charge in [-0.1, -0.05) is 42.3 Å². The van der Waals surface area contributed by atoms with Crippen LogP contribution in [0.5, 0.6) is 0 Å². The minimum atomic E-state index is 0.271. The van der Waals surface area contributed by atoms with Gasteiger partial charge in [-0.2, -0.15) is 0 Å². The minimum absolute atomic E-state index is 0.271. The Kier molecular flexibility index (Phi) is 5.89. The van der Waals surface area contributed by atoms with Crippen LogP contribution in [0.1, 0.15) is 31.4 Å². The fourth-order valence-electron chi connectivity index (χ4n) is 1.55. The molecule has 1 N–H and O–H groups in total. The summed E-state index contributed by atoms with van der Waals surface area (Å²) in [7, 11) is 0. The fraction of sp³-hybridized carbons (Fsp3) is 0.385. The normalized spacial score (nSPS) is 12.4. The van der Waals surface area contributed by atoms with Gasteiger partial charge in [-0.25, -0.2) is 0 Å². The summed E-state index contributed by atoms with van der Waals surface area (Å²) in [5.74, 6) is 0. The smallest absolute Gasteiger partial charge is 0.0595 e. The summed E-state index contributed by atoms with van der Waals surface area (Å²) in [6.45, 7) is 6.91. The van der Waals surface area contributed by atoms with Crippen LogP contribution in [-0.2, 0) is 0 Å². The minimum Gasteiger partial charge on any atom is -0.310 e. The molecular weight excluding hydrogens is 241 g/mol. The van der Waals surface area contributed by atoms with Crippen molar-refractivity contribution in [1.29, 1.82) is 0 Å². The number of rotatable bonds is 6. The van der Waals surface area contributed by atoms with E-state index in [-0.39, 0.29) is 6.04 Å². The van der Waals surface area contributed by atoms with Crippen molar-refractivity contribution in [2.45, 2.75) is 25.8 Å². The van der Waals surface area contributed by atoms with E-state index in [0.29, 0.717) is 10.0 Å². The van der Waals surface area contributed by atoms with E-state index in [2.05, 4.69) is 18.8 Å². The van der Waals surface area contributed by atoms with Gasteiger partial charge in [-0.05, 0) is 37.1 Å². The molecule has 0 aliphatic heterocycles. The largest absolute Gasteiger partial charge is 0.310 e. The van der Waals surface area contributed by atoms with Crippen LogP contribution in [0.4, 0.5) is 0 Å². The van der Waals surface area contributed by atoms with E-state index in [1.807, 2.05) is 24.3 Å². The Balaban J connectivity index is 2.82. The molecule has 0 aromatic heterocycles. The lowest BCUT2D eigenvalue weighted by molar-refractivity contribution is 0.537. The van der Waals surface area contributed by atoms with Crippen LogP contribution in [0, 0.1) is 0 Å². The molecule has 1 rings (SSSR count). The number of halogens is 2. The molecule has 16 heavy (non-hydrogen) atoms. The highest BCUT2D eigenvalue weighted by Gasteiger charge is 2.10. The van der Waals surface area contributed by atoms with Crippen molar-refractivity contribution >= 4 is 23.2 Å². The topological polar surface area (TPSA) is 12.0 Å². The summed E-state index contributed by atoms with van der Waals surface area (Å²) >= 11 is 11.9. The Morgan fingerprint density at radius 3 is 2.69 bits per heavy atom. The molecule has 0 amide bonds. The Hall–Kier alpha value is -0.500. The highest BCUT2D eigenvalue weighted by molar-refractivity contribution is 6.42. The molecule has 0 radical (unpaired) electrons. The molecule has 0 spiro atoms. The molecule has 0 aliphatic carbocycles. The molecule has 0 fully saturated rings. The van der Waals surface area contributed by atoms with Gasteiger partial charge in [0.2, 0.25) is 0 Å². The number of nitrogens with one attached hydrogen (secondary N) is 1. The van der Waals surface area contributed by atoms with Gasteiger partial charge in [0.05, 0.1) is 10.0 Å². The van der Waals surface area contributed by atoms with Crippen LogP contribution in [0.15, 0.2) is 30.9 Å². The average molecular weight is 258 g/mol. The van der Waals surface area contributed by atoms with Crippen LogP contribution in [0.3, 0.4) is 0 Å². The molecule has 1 aromatic rings. The summed E-state index contributed by atoms with van der Waals surface area (Å²) in [5.41, 5.74) is 1.16. The number of hydrogen-bond donors (Lipinski definition) is 1. The third-order valence-electron chi connectivity index (χ3n) is 2.39. The van der Waals surface area contributed by atoms with Gasteiger partial charge >= 0.3 is 0 Å². The maximum Gasteiger partial charge on any atom is 0.0595 e. The SMILES string of the molecule is C=CCC(NCCC)c1ccc(Cl)c(Cl)c1. The average Bonchev–Trinajstić information content (AvgIpc) is 2.28. The van der Waals surface area contributed by atoms with Crippen molar-refractivity contribution in [3.8, 4) is 0 Å². The molecule has 0 bridgehead atoms. The second kappa shape index (κ2) is 6.95. The first-order valence-electron chi connectivity index (χ1n) is 5.48. The first-order valence-corrected chi connectivity index (χ1v) is 6.23. The number of benzene rings is 1. The van der Waals surface area contributed by atoms with E-state index in [1.165, 1.54) is 0 Å². The molecule has 3 heteroatoms. The van der Waals surface area contributed by atoms with Crippen LogP contribution in [-0.4, -0.2) is 6.54 Å². The first kappa shape index (κ1) is 13.6. The van der Waals surface area contributed by atoms with Crippen LogP contribution in [0.2, 0.25) is 10.0 Å². The molecule has 0 saturated carbocycles. The predicted molar refractivity (Wildman–Crippen MR) is 72.3 cm³/mol. The molecule has 1 nitrogen and oxygen atoms in total. The van der Waals surface area contributed by atoms with E-state index in [1.54, 1.807) is 0 Å². The second-order valence-corrected chi connectivity index (χ2v) is 4.52. The highest BCUT2D eigenvalue weighted by Crippen LogP contribution is 2.27. The summed E-state index contributed by atoms with van der Waals surface area (Å²) in [4.78, 5) is 0. The molecule has 0 aliphatic rings. The summed E-state index contributed by atoms with van der Waals surface area (Å²) in [5, 5.41) is 4.66. The third kappa shape index (κ3) is 3.82. The predicted octanol–water partition coefficient (Wildman–Crippen LogP) is 4.61. The molecule has 0 saturated heterocycles. The van der Waals surface area contributed by atoms with E-state index in [9.17, 15) is 0 Å². The molecule has 88 valence electrons. The summed E-state index contributed by atoms with van der Waals surface area (Å²) in [6.07, 6.45) is 3.91. The zero-order chi connectivity index (χ0) is 12.0. The van der Waals surface area contributed by atoms with Crippen LogP contribution >= 0.6 is 23.2 Å². The fourth-order valence-corrected chi connectivity index (χ4v) is 1.86. The van der Waals surface area contributed by atoms with Crippen molar-refractivity contribution in [3.63, 3.8) is 0 Å². The first-order chi connectivity index (χ1) is 7.69. The van der Waals surface area contributed by atoms with Gasteiger partial charge in [-0.3, -0.25) is 0 Å². The number of hydrogen-bond acceptors (Lipinski definition) is 1. The lowest BCUT2D eigenvalue weighted by Crippen LogP contribution is -2.21. The molecule has 1 aromatic carbocycles. The quantitative estimate of drug-likeness (QED) is 0.734. The highest BCUT2D eigenvalue weighted by atomic mass is 35.5. The van der Waals surface area contributed by atoms with Crippen molar-refractivity contribution in [2.24, 2.45) is 0 Å². The van der Waals surface area contributed by atoms with Crippen molar-refractivity contribution in [2.75, 3.05) is 6.54 Å². The van der Waals surface area contributed by atoms with Gasteiger partial charge in [-0.15, -0.1) is 6.58 Å². The Bertz CT molecular complexity index is 350. The maximum atomic E-state index is 6.01. The van der Waals surface area contributed by atoms with Crippen LogP contribution < -0.4 is 5.32 Å². The van der Waals surface area contributed by atoms with Gasteiger partial charge < -0.3 is 5.32 Å².